The lowest BCUT2D eigenvalue weighted by Gasteiger charge is -2.23. The normalized spacial score (nSPS) is 18.1. The maximum absolute atomic E-state index is 12.0. The van der Waals surface area contributed by atoms with E-state index in [1.165, 1.54) is 7.11 Å². The molecule has 5 heteroatoms. The molecule has 0 aromatic carbocycles. The molecule has 1 atom stereocenters. The molecule has 1 aliphatic rings. The highest BCUT2D eigenvalue weighted by atomic mass is 16.5. The molecular weight excluding hydrogens is 246 g/mol. The Hall–Kier alpha value is -1.91. The van der Waals surface area contributed by atoms with Crippen LogP contribution in [0.15, 0.2) is 12.1 Å². The SMILES string of the molecule is COc1ccc2c(n1)CCC(=O)C2C(=O)OC(C)C. The Morgan fingerprint density at radius 1 is 1.37 bits per heavy atom. The Labute approximate surface area is 111 Å². The topological polar surface area (TPSA) is 65.5 Å². The number of aryl methyl sites for hydroxylation is 1. The molecule has 0 aliphatic heterocycles. The number of esters is 1. The van der Waals surface area contributed by atoms with Crippen LogP contribution in [0.25, 0.3) is 0 Å². The molecule has 1 aromatic heterocycles. The van der Waals surface area contributed by atoms with Crippen molar-refractivity contribution in [1.29, 1.82) is 0 Å². The Bertz CT molecular complexity index is 510. The van der Waals surface area contributed by atoms with Gasteiger partial charge in [0.1, 0.15) is 5.92 Å². The Balaban J connectivity index is 2.35. The predicted molar refractivity (Wildman–Crippen MR) is 68.1 cm³/mol. The van der Waals surface area contributed by atoms with Crippen LogP contribution < -0.4 is 4.74 Å². The number of ketones is 1. The van der Waals surface area contributed by atoms with Crippen LogP contribution in [0.4, 0.5) is 0 Å². The molecule has 0 saturated heterocycles. The van der Waals surface area contributed by atoms with E-state index in [2.05, 4.69) is 4.98 Å². The quantitative estimate of drug-likeness (QED) is 0.612. The Kier molecular flexibility index (Phi) is 3.83. The summed E-state index contributed by atoms with van der Waals surface area (Å²) in [7, 11) is 1.53. The van der Waals surface area contributed by atoms with Gasteiger partial charge < -0.3 is 9.47 Å². The number of rotatable bonds is 3. The van der Waals surface area contributed by atoms with Gasteiger partial charge in [0.05, 0.1) is 13.2 Å². The van der Waals surface area contributed by atoms with E-state index in [1.807, 2.05) is 0 Å². The van der Waals surface area contributed by atoms with Crippen LogP contribution in [0, 0.1) is 0 Å². The molecule has 5 nitrogen and oxygen atoms in total. The second kappa shape index (κ2) is 5.38. The maximum Gasteiger partial charge on any atom is 0.321 e. The second-order valence-electron chi connectivity index (χ2n) is 4.77. The van der Waals surface area contributed by atoms with Crippen LogP contribution in [0.5, 0.6) is 5.88 Å². The van der Waals surface area contributed by atoms with E-state index in [0.29, 0.717) is 24.3 Å². The average molecular weight is 263 g/mol. The van der Waals surface area contributed by atoms with E-state index in [-0.39, 0.29) is 11.9 Å². The monoisotopic (exact) mass is 263 g/mol. The number of carbonyl (C=O) groups excluding carboxylic acids is 2. The van der Waals surface area contributed by atoms with Crippen LogP contribution in [0.2, 0.25) is 0 Å². The van der Waals surface area contributed by atoms with E-state index < -0.39 is 11.9 Å². The van der Waals surface area contributed by atoms with Gasteiger partial charge in [0.2, 0.25) is 5.88 Å². The summed E-state index contributed by atoms with van der Waals surface area (Å²) < 4.78 is 10.2. The van der Waals surface area contributed by atoms with Crippen LogP contribution in [0.1, 0.15) is 37.4 Å². The maximum atomic E-state index is 12.0. The molecule has 0 fully saturated rings. The molecule has 0 saturated carbocycles. The van der Waals surface area contributed by atoms with E-state index >= 15 is 0 Å². The van der Waals surface area contributed by atoms with Crippen molar-refractivity contribution in [2.75, 3.05) is 7.11 Å². The van der Waals surface area contributed by atoms with Gasteiger partial charge in [-0.25, -0.2) is 4.98 Å². The van der Waals surface area contributed by atoms with Gasteiger partial charge in [-0.1, -0.05) is 6.07 Å². The number of carbonyl (C=O) groups is 2. The van der Waals surface area contributed by atoms with Crippen molar-refractivity contribution in [3.8, 4) is 5.88 Å². The van der Waals surface area contributed by atoms with E-state index in [4.69, 9.17) is 9.47 Å². The van der Waals surface area contributed by atoms with Crippen LogP contribution in [0.3, 0.4) is 0 Å². The van der Waals surface area contributed by atoms with Crippen molar-refractivity contribution in [2.45, 2.75) is 38.7 Å². The molecule has 0 N–H and O–H groups in total. The number of methoxy groups -OCH3 is 1. The van der Waals surface area contributed by atoms with Gasteiger partial charge in [0, 0.05) is 18.2 Å². The largest absolute Gasteiger partial charge is 0.481 e. The summed E-state index contributed by atoms with van der Waals surface area (Å²) in [5.74, 6) is -0.952. The molecule has 1 aliphatic carbocycles. The fraction of sp³-hybridized carbons (Fsp3) is 0.500. The van der Waals surface area contributed by atoms with Gasteiger partial charge >= 0.3 is 5.97 Å². The molecule has 0 radical (unpaired) electrons. The van der Waals surface area contributed by atoms with E-state index in [1.54, 1.807) is 26.0 Å². The van der Waals surface area contributed by atoms with Crippen molar-refractivity contribution in [3.05, 3.63) is 23.4 Å². The molecule has 1 unspecified atom stereocenters. The standard InChI is InChI=1S/C14H17NO4/c1-8(2)19-14(17)13-9-4-7-12(18-3)15-10(9)5-6-11(13)16/h4,7-8,13H,5-6H2,1-3H3. The summed E-state index contributed by atoms with van der Waals surface area (Å²) in [5.41, 5.74) is 1.38. The summed E-state index contributed by atoms with van der Waals surface area (Å²) in [6.07, 6.45) is 0.610. The molecule has 0 spiro atoms. The van der Waals surface area contributed by atoms with Gasteiger partial charge in [-0.05, 0) is 25.8 Å². The minimum Gasteiger partial charge on any atom is -0.481 e. The molecule has 1 aromatic rings. The lowest BCUT2D eigenvalue weighted by Crippen LogP contribution is -2.30. The predicted octanol–water partition coefficient (Wildman–Crippen LogP) is 1.64. The smallest absolute Gasteiger partial charge is 0.321 e. The van der Waals surface area contributed by atoms with Crippen molar-refractivity contribution in [1.82, 2.24) is 4.98 Å². The number of Topliss-reactive ketones (excluding diaryl/α,β-unsaturated/α-hetero) is 1. The van der Waals surface area contributed by atoms with E-state index in [9.17, 15) is 9.59 Å². The third-order valence-electron chi connectivity index (χ3n) is 3.02. The number of ether oxygens (including phenoxy) is 2. The lowest BCUT2D eigenvalue weighted by molar-refractivity contribution is -0.152. The van der Waals surface area contributed by atoms with Crippen molar-refractivity contribution < 1.29 is 19.1 Å². The number of hydrogen-bond acceptors (Lipinski definition) is 5. The van der Waals surface area contributed by atoms with Crippen molar-refractivity contribution >= 4 is 11.8 Å². The van der Waals surface area contributed by atoms with Gasteiger partial charge in [0.15, 0.2) is 5.78 Å². The number of nitrogens with zero attached hydrogens (tertiary/aromatic N) is 1. The summed E-state index contributed by atoms with van der Waals surface area (Å²) >= 11 is 0. The fourth-order valence-corrected chi connectivity index (χ4v) is 2.19. The molecule has 2 rings (SSSR count). The van der Waals surface area contributed by atoms with E-state index in [0.717, 1.165) is 5.69 Å². The number of hydrogen-bond donors (Lipinski definition) is 0. The van der Waals surface area contributed by atoms with Crippen LogP contribution >= 0.6 is 0 Å². The lowest BCUT2D eigenvalue weighted by atomic mass is 9.84. The zero-order valence-electron chi connectivity index (χ0n) is 11.3. The van der Waals surface area contributed by atoms with Crippen molar-refractivity contribution in [3.63, 3.8) is 0 Å². The minimum atomic E-state index is -0.843. The Morgan fingerprint density at radius 3 is 2.74 bits per heavy atom. The summed E-state index contributed by atoms with van der Waals surface area (Å²) in [6, 6.07) is 3.39. The molecule has 0 bridgehead atoms. The zero-order valence-corrected chi connectivity index (χ0v) is 11.3. The summed E-state index contributed by atoms with van der Waals surface area (Å²) in [5, 5.41) is 0. The highest BCUT2D eigenvalue weighted by Crippen LogP contribution is 2.30. The first-order valence-corrected chi connectivity index (χ1v) is 6.30. The zero-order chi connectivity index (χ0) is 14.0. The summed E-state index contributed by atoms with van der Waals surface area (Å²) in [6.45, 7) is 3.52. The molecule has 0 amide bonds. The molecule has 1 heterocycles. The highest BCUT2D eigenvalue weighted by molar-refractivity contribution is 6.05. The first-order chi connectivity index (χ1) is 9.02. The average Bonchev–Trinajstić information content (AvgIpc) is 2.37. The number of aromatic nitrogens is 1. The number of fused-ring (bicyclic) bond motifs is 1. The van der Waals surface area contributed by atoms with Crippen LogP contribution in [-0.2, 0) is 20.7 Å². The first-order valence-electron chi connectivity index (χ1n) is 6.30. The second-order valence-corrected chi connectivity index (χ2v) is 4.77. The summed E-state index contributed by atoms with van der Waals surface area (Å²) in [4.78, 5) is 28.3. The number of pyridine rings is 1. The van der Waals surface area contributed by atoms with Gasteiger partial charge in [-0.15, -0.1) is 0 Å². The minimum absolute atomic E-state index is 0.106. The third kappa shape index (κ3) is 2.75. The first kappa shape index (κ1) is 13.5. The Morgan fingerprint density at radius 2 is 2.11 bits per heavy atom. The fourth-order valence-electron chi connectivity index (χ4n) is 2.19. The van der Waals surface area contributed by atoms with Gasteiger partial charge in [-0.3, -0.25) is 9.59 Å². The van der Waals surface area contributed by atoms with Gasteiger partial charge in [0.25, 0.3) is 0 Å². The highest BCUT2D eigenvalue weighted by Gasteiger charge is 2.36. The molecule has 102 valence electrons. The van der Waals surface area contributed by atoms with Crippen LogP contribution in [-0.4, -0.2) is 30.0 Å². The van der Waals surface area contributed by atoms with Crippen molar-refractivity contribution in [2.24, 2.45) is 0 Å². The molecular formula is C14H17NO4. The third-order valence-corrected chi connectivity index (χ3v) is 3.02. The molecule has 19 heavy (non-hydrogen) atoms. The van der Waals surface area contributed by atoms with Gasteiger partial charge in [-0.2, -0.15) is 0 Å².